The summed E-state index contributed by atoms with van der Waals surface area (Å²) < 4.78 is 13.5. The van der Waals surface area contributed by atoms with Crippen molar-refractivity contribution in [3.8, 4) is 0 Å². The zero-order chi connectivity index (χ0) is 13.6. The molecular formula is C16H20NOP. The average molecular weight is 273 g/mol. The van der Waals surface area contributed by atoms with Crippen molar-refractivity contribution in [2.75, 3.05) is 19.3 Å². The van der Waals surface area contributed by atoms with Gasteiger partial charge in [0.2, 0.25) is 0 Å². The normalized spacial score (nSPS) is 11.4. The van der Waals surface area contributed by atoms with Crippen molar-refractivity contribution < 1.29 is 4.57 Å². The van der Waals surface area contributed by atoms with Crippen molar-refractivity contribution in [3.05, 3.63) is 60.7 Å². The maximum absolute atomic E-state index is 13.5. The lowest BCUT2D eigenvalue weighted by atomic mass is 10.4. The van der Waals surface area contributed by atoms with Crippen LogP contribution < -0.4 is 15.9 Å². The fraction of sp³-hybridized carbons (Fsp3) is 0.250. The Bertz CT molecular complexity index is 496. The van der Waals surface area contributed by atoms with Crippen LogP contribution in [0.15, 0.2) is 60.7 Å². The lowest BCUT2D eigenvalue weighted by molar-refractivity contribution is 0.584. The molecule has 2 aromatic carbocycles. The van der Waals surface area contributed by atoms with Crippen molar-refractivity contribution in [2.45, 2.75) is 6.92 Å². The number of nitrogens with one attached hydrogen (secondary N) is 1. The molecule has 0 saturated heterocycles. The zero-order valence-electron chi connectivity index (χ0n) is 11.3. The van der Waals surface area contributed by atoms with Gasteiger partial charge in [-0.05, 0) is 6.54 Å². The first-order valence-corrected chi connectivity index (χ1v) is 8.57. The highest BCUT2D eigenvalue weighted by atomic mass is 31.2. The molecule has 2 rings (SSSR count). The van der Waals surface area contributed by atoms with Crippen LogP contribution in [-0.2, 0) is 4.57 Å². The fourth-order valence-corrected chi connectivity index (χ4v) is 4.75. The van der Waals surface area contributed by atoms with E-state index in [2.05, 4.69) is 12.2 Å². The van der Waals surface area contributed by atoms with Gasteiger partial charge in [0.05, 0.1) is 0 Å². The van der Waals surface area contributed by atoms with E-state index >= 15 is 0 Å². The van der Waals surface area contributed by atoms with Crippen molar-refractivity contribution in [1.29, 1.82) is 0 Å². The number of rotatable bonds is 6. The molecule has 3 heteroatoms. The number of hydrogen-bond acceptors (Lipinski definition) is 2. The van der Waals surface area contributed by atoms with Gasteiger partial charge in [-0.25, -0.2) is 0 Å². The standard InChI is InChI=1S/C16H20NOP/c1-2-17-13-14-19(18,15-9-5-3-6-10-15)16-11-7-4-8-12-16/h3-12,17H,2,13-14H2,1H3. The second kappa shape index (κ2) is 6.70. The second-order valence-corrected chi connectivity index (χ2v) is 7.45. The smallest absolute Gasteiger partial charge is 0.144 e. The molecule has 0 unspecified atom stereocenters. The van der Waals surface area contributed by atoms with E-state index in [1.165, 1.54) is 0 Å². The lowest BCUT2D eigenvalue weighted by Gasteiger charge is -2.19. The third-order valence-electron chi connectivity index (χ3n) is 3.20. The molecule has 0 bridgehead atoms. The summed E-state index contributed by atoms with van der Waals surface area (Å²) in [5.41, 5.74) is 0. The summed E-state index contributed by atoms with van der Waals surface area (Å²) in [5.74, 6) is 0. The Balaban J connectivity index is 2.36. The largest absolute Gasteiger partial charge is 0.317 e. The van der Waals surface area contributed by atoms with Crippen molar-refractivity contribution in [1.82, 2.24) is 5.32 Å². The van der Waals surface area contributed by atoms with Gasteiger partial charge < -0.3 is 9.88 Å². The first-order valence-electron chi connectivity index (χ1n) is 6.68. The summed E-state index contributed by atoms with van der Waals surface area (Å²) in [6.07, 6.45) is 0.662. The molecule has 0 atom stereocenters. The molecule has 0 spiro atoms. The van der Waals surface area contributed by atoms with Crippen LogP contribution in [0.3, 0.4) is 0 Å². The molecule has 0 saturated carbocycles. The quantitative estimate of drug-likeness (QED) is 0.647. The van der Waals surface area contributed by atoms with E-state index in [0.717, 1.165) is 23.7 Å². The van der Waals surface area contributed by atoms with Gasteiger partial charge in [0.15, 0.2) is 0 Å². The van der Waals surface area contributed by atoms with E-state index in [9.17, 15) is 4.57 Å². The van der Waals surface area contributed by atoms with Gasteiger partial charge in [0, 0.05) is 23.3 Å². The Labute approximate surface area is 115 Å². The summed E-state index contributed by atoms with van der Waals surface area (Å²) in [7, 11) is -2.52. The van der Waals surface area contributed by atoms with Crippen LogP contribution >= 0.6 is 7.14 Å². The zero-order valence-corrected chi connectivity index (χ0v) is 12.1. The Morgan fingerprint density at radius 3 is 1.79 bits per heavy atom. The molecular weight excluding hydrogens is 253 g/mol. The van der Waals surface area contributed by atoms with E-state index in [1.54, 1.807) is 0 Å². The monoisotopic (exact) mass is 273 g/mol. The summed E-state index contributed by atoms with van der Waals surface area (Å²) in [6.45, 7) is 3.75. The molecule has 0 aliphatic heterocycles. The molecule has 0 aromatic heterocycles. The van der Waals surface area contributed by atoms with E-state index in [0.29, 0.717) is 6.16 Å². The molecule has 1 N–H and O–H groups in total. The topological polar surface area (TPSA) is 29.1 Å². The molecule has 0 amide bonds. The van der Waals surface area contributed by atoms with Crippen LogP contribution in [0.4, 0.5) is 0 Å². The third kappa shape index (κ3) is 3.34. The summed E-state index contributed by atoms with van der Waals surface area (Å²) >= 11 is 0. The van der Waals surface area contributed by atoms with E-state index in [-0.39, 0.29) is 0 Å². The van der Waals surface area contributed by atoms with Gasteiger partial charge >= 0.3 is 0 Å². The SMILES string of the molecule is CCNCCP(=O)(c1ccccc1)c1ccccc1. The van der Waals surface area contributed by atoms with Gasteiger partial charge in [-0.2, -0.15) is 0 Å². The highest BCUT2D eigenvalue weighted by molar-refractivity contribution is 7.78. The Morgan fingerprint density at radius 2 is 1.37 bits per heavy atom. The first kappa shape index (κ1) is 14.0. The Morgan fingerprint density at radius 1 is 0.895 bits per heavy atom. The van der Waals surface area contributed by atoms with Crippen LogP contribution in [0.1, 0.15) is 6.92 Å². The number of hydrogen-bond donors (Lipinski definition) is 1. The lowest BCUT2D eigenvalue weighted by Crippen LogP contribution is -2.25. The molecule has 100 valence electrons. The van der Waals surface area contributed by atoms with E-state index in [1.807, 2.05) is 60.7 Å². The minimum absolute atomic E-state index is 0.662. The predicted octanol–water partition coefficient (Wildman–Crippen LogP) is 2.61. The molecule has 0 fully saturated rings. The predicted molar refractivity (Wildman–Crippen MR) is 83.2 cm³/mol. The highest BCUT2D eigenvalue weighted by Gasteiger charge is 2.26. The molecule has 2 nitrogen and oxygen atoms in total. The maximum Gasteiger partial charge on any atom is 0.144 e. The minimum atomic E-state index is -2.52. The number of benzene rings is 2. The molecule has 0 aliphatic carbocycles. The molecule has 2 aromatic rings. The van der Waals surface area contributed by atoms with Gasteiger partial charge in [-0.3, -0.25) is 0 Å². The van der Waals surface area contributed by atoms with Gasteiger partial charge in [0.1, 0.15) is 7.14 Å². The Hall–Kier alpha value is -1.37. The Kier molecular flexibility index (Phi) is 4.95. The summed E-state index contributed by atoms with van der Waals surface area (Å²) in [5, 5.41) is 5.16. The molecule has 0 radical (unpaired) electrons. The second-order valence-electron chi connectivity index (χ2n) is 4.49. The van der Waals surface area contributed by atoms with Crippen molar-refractivity contribution in [2.24, 2.45) is 0 Å². The van der Waals surface area contributed by atoms with Crippen LogP contribution in [-0.4, -0.2) is 19.3 Å². The van der Waals surface area contributed by atoms with Crippen LogP contribution in [0, 0.1) is 0 Å². The molecule has 0 aliphatic rings. The summed E-state index contributed by atoms with van der Waals surface area (Å²) in [4.78, 5) is 0. The van der Waals surface area contributed by atoms with Crippen molar-refractivity contribution >= 4 is 17.8 Å². The first-order chi connectivity index (χ1) is 9.27. The minimum Gasteiger partial charge on any atom is -0.317 e. The third-order valence-corrected chi connectivity index (χ3v) is 6.32. The van der Waals surface area contributed by atoms with Gasteiger partial charge in [-0.15, -0.1) is 0 Å². The highest BCUT2D eigenvalue weighted by Crippen LogP contribution is 2.42. The molecule has 19 heavy (non-hydrogen) atoms. The average Bonchev–Trinajstić information content (AvgIpc) is 2.49. The van der Waals surface area contributed by atoms with Crippen molar-refractivity contribution in [3.63, 3.8) is 0 Å². The van der Waals surface area contributed by atoms with Crippen LogP contribution in [0.25, 0.3) is 0 Å². The van der Waals surface area contributed by atoms with E-state index in [4.69, 9.17) is 0 Å². The van der Waals surface area contributed by atoms with E-state index < -0.39 is 7.14 Å². The van der Waals surface area contributed by atoms with Gasteiger partial charge in [-0.1, -0.05) is 67.6 Å². The van der Waals surface area contributed by atoms with Crippen LogP contribution in [0.5, 0.6) is 0 Å². The van der Waals surface area contributed by atoms with Gasteiger partial charge in [0.25, 0.3) is 0 Å². The van der Waals surface area contributed by atoms with Crippen LogP contribution in [0.2, 0.25) is 0 Å². The summed E-state index contributed by atoms with van der Waals surface area (Å²) in [6, 6.07) is 19.6. The maximum atomic E-state index is 13.5. The molecule has 0 heterocycles. The fourth-order valence-electron chi connectivity index (χ4n) is 2.16.